The predicted octanol–water partition coefficient (Wildman–Crippen LogP) is 2.48. The Kier molecular flexibility index (Phi) is 5.22. The Morgan fingerprint density at radius 2 is 1.96 bits per heavy atom. The van der Waals surface area contributed by atoms with E-state index in [0.717, 1.165) is 12.1 Å². The Bertz CT molecular complexity index is 673. The van der Waals surface area contributed by atoms with Gasteiger partial charge in [-0.25, -0.2) is 13.8 Å². The summed E-state index contributed by atoms with van der Waals surface area (Å²) in [6.07, 6.45) is -1.21. The van der Waals surface area contributed by atoms with E-state index in [4.69, 9.17) is 14.2 Å². The van der Waals surface area contributed by atoms with Crippen LogP contribution in [-0.2, 0) is 4.74 Å². The molecule has 0 aliphatic carbocycles. The highest BCUT2D eigenvalue weighted by Crippen LogP contribution is 2.30. The second-order valence-electron chi connectivity index (χ2n) is 5.31. The molecule has 5 nitrogen and oxygen atoms in total. The summed E-state index contributed by atoms with van der Waals surface area (Å²) in [7, 11) is 1.50. The number of nitrogens with one attached hydrogen (secondary N) is 1. The minimum atomic E-state index is -0.778. The van der Waals surface area contributed by atoms with Gasteiger partial charge in [-0.05, 0) is 18.2 Å². The van der Waals surface area contributed by atoms with Crippen molar-refractivity contribution in [2.24, 2.45) is 0 Å². The quantitative estimate of drug-likeness (QED) is 0.909. The number of rotatable bonds is 5. The SMILES string of the molecule is COc1cccc(C(Oc2c(F)cccc2F)[C@@H]2CNCCO2)n1. The molecule has 1 aliphatic rings. The van der Waals surface area contributed by atoms with E-state index in [1.165, 1.54) is 13.2 Å². The number of hydrogen-bond acceptors (Lipinski definition) is 5. The maximum absolute atomic E-state index is 14.0. The standard InChI is InChI=1S/C17H18F2N2O3/c1-22-15-7-3-6-13(21-15)17(14-10-20-8-9-23-14)24-16-11(18)4-2-5-12(16)19/h2-7,14,17,20H,8-10H2,1H3/t14-,17?/m0/s1. The monoisotopic (exact) mass is 336 g/mol. The normalized spacial score (nSPS) is 18.9. The second-order valence-corrected chi connectivity index (χ2v) is 5.31. The van der Waals surface area contributed by atoms with Crippen LogP contribution >= 0.6 is 0 Å². The number of methoxy groups -OCH3 is 1. The number of halogens is 2. The highest BCUT2D eigenvalue weighted by molar-refractivity contribution is 5.28. The Balaban J connectivity index is 1.95. The van der Waals surface area contributed by atoms with Crippen LogP contribution in [-0.4, -0.2) is 37.9 Å². The van der Waals surface area contributed by atoms with Crippen molar-refractivity contribution in [3.63, 3.8) is 0 Å². The van der Waals surface area contributed by atoms with Gasteiger partial charge in [-0.1, -0.05) is 12.1 Å². The average Bonchev–Trinajstić information content (AvgIpc) is 2.62. The first-order valence-corrected chi connectivity index (χ1v) is 7.63. The summed E-state index contributed by atoms with van der Waals surface area (Å²) in [6, 6.07) is 8.72. The van der Waals surface area contributed by atoms with Crippen LogP contribution in [0.15, 0.2) is 36.4 Å². The van der Waals surface area contributed by atoms with Crippen molar-refractivity contribution < 1.29 is 23.0 Å². The summed E-state index contributed by atoms with van der Waals surface area (Å²) < 4.78 is 44.4. The van der Waals surface area contributed by atoms with Gasteiger partial charge in [0.15, 0.2) is 23.5 Å². The summed E-state index contributed by atoms with van der Waals surface area (Å²) in [6.45, 7) is 1.68. The van der Waals surface area contributed by atoms with Crippen molar-refractivity contribution in [2.75, 3.05) is 26.8 Å². The predicted molar refractivity (Wildman–Crippen MR) is 83.1 cm³/mol. The van der Waals surface area contributed by atoms with Crippen LogP contribution in [0.2, 0.25) is 0 Å². The third-order valence-electron chi connectivity index (χ3n) is 3.70. The van der Waals surface area contributed by atoms with Gasteiger partial charge in [-0.2, -0.15) is 0 Å². The van der Waals surface area contributed by atoms with Gasteiger partial charge in [0, 0.05) is 19.2 Å². The highest BCUT2D eigenvalue weighted by atomic mass is 19.1. The molecule has 1 N–H and O–H groups in total. The highest BCUT2D eigenvalue weighted by Gasteiger charge is 2.31. The van der Waals surface area contributed by atoms with Crippen LogP contribution in [0.4, 0.5) is 8.78 Å². The molecule has 1 aromatic carbocycles. The molecule has 128 valence electrons. The number of morpholine rings is 1. The van der Waals surface area contributed by atoms with E-state index in [1.54, 1.807) is 18.2 Å². The van der Waals surface area contributed by atoms with Crippen molar-refractivity contribution in [1.29, 1.82) is 0 Å². The fourth-order valence-corrected chi connectivity index (χ4v) is 2.53. The van der Waals surface area contributed by atoms with Gasteiger partial charge in [0.2, 0.25) is 5.88 Å². The molecule has 2 atom stereocenters. The van der Waals surface area contributed by atoms with Crippen LogP contribution in [0, 0.1) is 11.6 Å². The first-order valence-electron chi connectivity index (χ1n) is 7.63. The van der Waals surface area contributed by atoms with Gasteiger partial charge in [0.25, 0.3) is 0 Å². The number of nitrogens with zero attached hydrogens (tertiary/aromatic N) is 1. The molecular weight excluding hydrogens is 318 g/mol. The summed E-state index contributed by atoms with van der Waals surface area (Å²) >= 11 is 0. The first-order chi connectivity index (χ1) is 11.7. The Labute approximate surface area is 138 Å². The maximum Gasteiger partial charge on any atom is 0.213 e. The van der Waals surface area contributed by atoms with Crippen molar-refractivity contribution in [1.82, 2.24) is 10.3 Å². The molecule has 0 radical (unpaired) electrons. The lowest BCUT2D eigenvalue weighted by Gasteiger charge is -2.31. The molecule has 1 saturated heterocycles. The Hall–Kier alpha value is -2.25. The Morgan fingerprint density at radius 3 is 2.62 bits per heavy atom. The first kappa shape index (κ1) is 16.6. The smallest absolute Gasteiger partial charge is 0.213 e. The molecule has 2 heterocycles. The Morgan fingerprint density at radius 1 is 1.21 bits per heavy atom. The zero-order valence-electron chi connectivity index (χ0n) is 13.2. The second kappa shape index (κ2) is 7.55. The summed E-state index contributed by atoms with van der Waals surface area (Å²) in [5, 5.41) is 3.18. The van der Waals surface area contributed by atoms with Gasteiger partial charge in [0.1, 0.15) is 6.10 Å². The van der Waals surface area contributed by atoms with Crippen LogP contribution in [0.25, 0.3) is 0 Å². The zero-order valence-corrected chi connectivity index (χ0v) is 13.2. The summed E-state index contributed by atoms with van der Waals surface area (Å²) in [4.78, 5) is 4.32. The number of hydrogen-bond donors (Lipinski definition) is 1. The molecule has 1 fully saturated rings. The number of benzene rings is 1. The van der Waals surface area contributed by atoms with E-state index in [2.05, 4.69) is 10.3 Å². The van der Waals surface area contributed by atoms with Gasteiger partial charge < -0.3 is 19.5 Å². The van der Waals surface area contributed by atoms with Gasteiger partial charge in [-0.15, -0.1) is 0 Å². The molecule has 0 bridgehead atoms. The van der Waals surface area contributed by atoms with E-state index >= 15 is 0 Å². The summed E-state index contributed by atoms with van der Waals surface area (Å²) in [5.74, 6) is -1.60. The third-order valence-corrected chi connectivity index (χ3v) is 3.70. The molecule has 1 unspecified atom stereocenters. The molecule has 7 heteroatoms. The van der Waals surface area contributed by atoms with Crippen molar-refractivity contribution in [3.05, 3.63) is 53.7 Å². The summed E-state index contributed by atoms with van der Waals surface area (Å²) in [5.41, 5.74) is 0.478. The van der Waals surface area contributed by atoms with Crippen LogP contribution in [0.1, 0.15) is 11.8 Å². The van der Waals surface area contributed by atoms with E-state index in [9.17, 15) is 8.78 Å². The lowest BCUT2D eigenvalue weighted by molar-refractivity contribution is -0.0469. The van der Waals surface area contributed by atoms with E-state index in [-0.39, 0.29) is 0 Å². The van der Waals surface area contributed by atoms with E-state index < -0.39 is 29.6 Å². The molecular formula is C17H18F2N2O3. The van der Waals surface area contributed by atoms with Crippen molar-refractivity contribution >= 4 is 0 Å². The van der Waals surface area contributed by atoms with Crippen LogP contribution in [0.5, 0.6) is 11.6 Å². The lowest BCUT2D eigenvalue weighted by atomic mass is 10.1. The minimum absolute atomic E-state index is 0.388. The van der Waals surface area contributed by atoms with Crippen molar-refractivity contribution in [3.8, 4) is 11.6 Å². The molecule has 0 spiro atoms. The number of ether oxygens (including phenoxy) is 3. The molecule has 0 amide bonds. The maximum atomic E-state index is 14.0. The van der Waals surface area contributed by atoms with Gasteiger partial charge >= 0.3 is 0 Å². The number of para-hydroxylation sites is 1. The fraction of sp³-hybridized carbons (Fsp3) is 0.353. The lowest BCUT2D eigenvalue weighted by Crippen LogP contribution is -2.43. The molecule has 2 aromatic rings. The van der Waals surface area contributed by atoms with Crippen molar-refractivity contribution in [2.45, 2.75) is 12.2 Å². The molecule has 24 heavy (non-hydrogen) atoms. The molecule has 1 aliphatic heterocycles. The van der Waals surface area contributed by atoms with Crippen LogP contribution in [0.3, 0.4) is 0 Å². The average molecular weight is 336 g/mol. The molecule has 3 rings (SSSR count). The van der Waals surface area contributed by atoms with Gasteiger partial charge in [0.05, 0.1) is 19.4 Å². The van der Waals surface area contributed by atoms with E-state index in [0.29, 0.717) is 31.3 Å². The fourth-order valence-electron chi connectivity index (χ4n) is 2.53. The van der Waals surface area contributed by atoms with Crippen LogP contribution < -0.4 is 14.8 Å². The topological polar surface area (TPSA) is 52.6 Å². The number of pyridine rings is 1. The minimum Gasteiger partial charge on any atom is -0.481 e. The van der Waals surface area contributed by atoms with E-state index in [1.807, 2.05) is 0 Å². The molecule has 0 saturated carbocycles. The third kappa shape index (κ3) is 3.63. The largest absolute Gasteiger partial charge is 0.481 e. The molecule has 1 aromatic heterocycles. The van der Waals surface area contributed by atoms with Gasteiger partial charge in [-0.3, -0.25) is 0 Å². The zero-order chi connectivity index (χ0) is 16.9. The number of aromatic nitrogens is 1.